The number of carbonyl (C=O) groups excluding carboxylic acids is 1. The summed E-state index contributed by atoms with van der Waals surface area (Å²) >= 11 is 0. The van der Waals surface area contributed by atoms with Crippen LogP contribution in [0, 0.1) is 6.92 Å². The summed E-state index contributed by atoms with van der Waals surface area (Å²) in [7, 11) is -3.33. The molecule has 0 aliphatic carbocycles. The highest BCUT2D eigenvalue weighted by Crippen LogP contribution is 2.22. The molecule has 12 heteroatoms. The molecule has 2 aromatic rings. The van der Waals surface area contributed by atoms with Crippen molar-refractivity contribution in [1.82, 2.24) is 14.4 Å². The number of esters is 1. The van der Waals surface area contributed by atoms with Crippen molar-refractivity contribution >= 4 is 27.9 Å². The van der Waals surface area contributed by atoms with Gasteiger partial charge < -0.3 is 15.2 Å². The van der Waals surface area contributed by atoms with E-state index in [0.29, 0.717) is 16.8 Å². The molecule has 0 amide bonds. The minimum Gasteiger partial charge on any atom is -0.478 e. The van der Waals surface area contributed by atoms with Gasteiger partial charge in [0.05, 0.1) is 25.9 Å². The van der Waals surface area contributed by atoms with Crippen molar-refractivity contribution in [3.05, 3.63) is 41.6 Å². The zero-order valence-electron chi connectivity index (χ0n) is 17.0. The van der Waals surface area contributed by atoms with Crippen LogP contribution in [0.1, 0.15) is 29.9 Å². The number of guanidine groups is 1. The maximum Gasteiger partial charge on any atom is 0.339 e. The van der Waals surface area contributed by atoms with Crippen molar-refractivity contribution in [2.45, 2.75) is 25.7 Å². The van der Waals surface area contributed by atoms with Crippen LogP contribution >= 0.6 is 0 Å². The predicted octanol–water partition coefficient (Wildman–Crippen LogP) is 1.56. The number of rotatable bonds is 8. The smallest absolute Gasteiger partial charge is 0.339 e. The first-order valence-electron chi connectivity index (χ1n) is 8.92. The molecule has 0 aliphatic heterocycles. The molecule has 0 bridgehead atoms. The Bertz CT molecular complexity index is 1040. The van der Waals surface area contributed by atoms with E-state index >= 15 is 0 Å². The fourth-order valence-corrected chi connectivity index (χ4v) is 3.75. The van der Waals surface area contributed by atoms with Crippen molar-refractivity contribution in [3.63, 3.8) is 0 Å². The van der Waals surface area contributed by atoms with Crippen LogP contribution < -0.4 is 10.5 Å². The van der Waals surface area contributed by atoms with Crippen molar-refractivity contribution in [3.8, 4) is 5.88 Å². The molecule has 30 heavy (non-hydrogen) atoms. The van der Waals surface area contributed by atoms with E-state index in [0.717, 1.165) is 7.11 Å². The van der Waals surface area contributed by atoms with Crippen molar-refractivity contribution in [2.24, 2.45) is 10.7 Å². The molecular formula is C18H23N5O6S. The number of hydrogen-bond donors (Lipinski definition) is 1. The highest BCUT2D eigenvalue weighted by molar-refractivity contribution is 7.89. The summed E-state index contributed by atoms with van der Waals surface area (Å²) in [5.74, 6) is -1.22. The Balaban J connectivity index is 2.49. The number of benzene rings is 1. The van der Waals surface area contributed by atoms with Crippen LogP contribution in [-0.2, 0) is 19.6 Å². The molecule has 162 valence electrons. The molecule has 1 aromatic heterocycles. The molecule has 0 spiro atoms. The third-order valence-electron chi connectivity index (χ3n) is 3.56. The summed E-state index contributed by atoms with van der Waals surface area (Å²) in [4.78, 5) is 28.9. The lowest BCUT2D eigenvalue weighted by atomic mass is 10.2. The zero-order valence-corrected chi connectivity index (χ0v) is 17.8. The number of aromatic nitrogens is 2. The van der Waals surface area contributed by atoms with Crippen LogP contribution in [0.5, 0.6) is 5.88 Å². The predicted molar refractivity (Wildman–Crippen MR) is 108 cm³/mol. The minimum atomic E-state index is -4.43. The lowest BCUT2D eigenvalue weighted by molar-refractivity contribution is 0.0137. The molecule has 0 saturated heterocycles. The van der Waals surface area contributed by atoms with E-state index in [1.54, 1.807) is 26.8 Å². The number of nitrogens with two attached hydrogens (primary N) is 1. The molecule has 2 N–H and O–H groups in total. The van der Waals surface area contributed by atoms with Gasteiger partial charge in [0.2, 0.25) is 11.8 Å². The number of hydrogen-bond acceptors (Lipinski definition) is 9. The highest BCUT2D eigenvalue weighted by atomic mass is 32.2. The van der Waals surface area contributed by atoms with Gasteiger partial charge in [-0.25, -0.2) is 9.78 Å². The molecule has 0 fully saturated rings. The third-order valence-corrected chi connectivity index (χ3v) is 5.24. The second-order valence-corrected chi connectivity index (χ2v) is 7.40. The van der Waals surface area contributed by atoms with E-state index in [1.165, 1.54) is 24.3 Å². The molecule has 2 rings (SSSR count). The van der Waals surface area contributed by atoms with E-state index in [2.05, 4.69) is 15.0 Å². The molecule has 1 aromatic carbocycles. The van der Waals surface area contributed by atoms with Gasteiger partial charge in [0.25, 0.3) is 16.0 Å². The van der Waals surface area contributed by atoms with E-state index in [-0.39, 0.29) is 28.9 Å². The number of ether oxygens (including phenoxy) is 2. The summed E-state index contributed by atoms with van der Waals surface area (Å²) in [6.07, 6.45) is 0. The number of hydroxylamine groups is 1. The van der Waals surface area contributed by atoms with Gasteiger partial charge in [0, 0.05) is 11.8 Å². The number of sulfonamides is 1. The lowest BCUT2D eigenvalue weighted by Gasteiger charge is -2.21. The standard InChI is InChI=1S/C18H23N5O6S/c1-5-28-15-11-12(3)20-18(21-15)22-17(19)23(27-4)30(25,26)14-10-8-7-9-13(14)16(24)29-6-2/h7-11H,5-6H2,1-4H3,(H2,19,20,21,22). The SMILES string of the molecule is CCOC(=O)c1ccccc1S(=O)(=O)N(OC)C(N)=Nc1nc(C)cc(OCC)n1. The molecular weight excluding hydrogens is 414 g/mol. The van der Waals surface area contributed by atoms with Crippen LogP contribution in [0.2, 0.25) is 0 Å². The second kappa shape index (κ2) is 9.98. The molecule has 1 heterocycles. The summed E-state index contributed by atoms with van der Waals surface area (Å²) in [6.45, 7) is 5.55. The lowest BCUT2D eigenvalue weighted by Crippen LogP contribution is -2.41. The number of aryl methyl sites for hydroxylation is 1. The normalized spacial score (nSPS) is 11.8. The topological polar surface area (TPSA) is 146 Å². The van der Waals surface area contributed by atoms with Crippen LogP contribution in [0.4, 0.5) is 5.95 Å². The molecule has 0 atom stereocenters. The van der Waals surface area contributed by atoms with Crippen LogP contribution in [0.3, 0.4) is 0 Å². The highest BCUT2D eigenvalue weighted by Gasteiger charge is 2.32. The Labute approximate surface area is 174 Å². The first-order chi connectivity index (χ1) is 14.2. The van der Waals surface area contributed by atoms with Gasteiger partial charge in [-0.2, -0.15) is 18.4 Å². The van der Waals surface area contributed by atoms with E-state index in [1.807, 2.05) is 0 Å². The maximum absolute atomic E-state index is 13.1. The second-order valence-electron chi connectivity index (χ2n) is 5.68. The molecule has 0 aliphatic rings. The van der Waals surface area contributed by atoms with Gasteiger partial charge in [0.1, 0.15) is 4.90 Å². The summed E-state index contributed by atoms with van der Waals surface area (Å²) in [5.41, 5.74) is 6.25. The zero-order chi connectivity index (χ0) is 22.3. The third kappa shape index (κ3) is 5.21. The van der Waals surface area contributed by atoms with Crippen LogP contribution in [0.15, 0.2) is 40.2 Å². The fourth-order valence-electron chi connectivity index (χ4n) is 2.41. The minimum absolute atomic E-state index is 0.0810. The molecule has 11 nitrogen and oxygen atoms in total. The fraction of sp³-hybridized carbons (Fsp3) is 0.333. The monoisotopic (exact) mass is 437 g/mol. The Hall–Kier alpha value is -3.25. The van der Waals surface area contributed by atoms with Gasteiger partial charge in [-0.1, -0.05) is 12.1 Å². The number of carbonyl (C=O) groups is 1. The average Bonchev–Trinajstić information content (AvgIpc) is 2.68. The number of nitrogens with zero attached hydrogens (tertiary/aromatic N) is 4. The van der Waals surface area contributed by atoms with Gasteiger partial charge in [-0.05, 0) is 32.9 Å². The van der Waals surface area contributed by atoms with E-state index in [9.17, 15) is 13.2 Å². The summed E-state index contributed by atoms with van der Waals surface area (Å²) in [5, 5.41) is 0. The molecule has 0 radical (unpaired) electrons. The maximum atomic E-state index is 13.1. The van der Waals surface area contributed by atoms with E-state index < -0.39 is 22.0 Å². The van der Waals surface area contributed by atoms with Gasteiger partial charge >= 0.3 is 5.97 Å². The Morgan fingerprint density at radius 2 is 1.90 bits per heavy atom. The van der Waals surface area contributed by atoms with Crippen LogP contribution in [-0.4, -0.2) is 55.1 Å². The summed E-state index contributed by atoms with van der Waals surface area (Å²) < 4.78 is 36.9. The molecule has 0 unspecified atom stereocenters. The Kier molecular flexibility index (Phi) is 7.66. The van der Waals surface area contributed by atoms with Crippen molar-refractivity contribution in [1.29, 1.82) is 0 Å². The Morgan fingerprint density at radius 3 is 2.53 bits per heavy atom. The summed E-state index contributed by atoms with van der Waals surface area (Å²) in [6, 6.07) is 7.12. The van der Waals surface area contributed by atoms with Crippen LogP contribution in [0.25, 0.3) is 0 Å². The van der Waals surface area contributed by atoms with Gasteiger partial charge in [-0.3, -0.25) is 4.84 Å². The van der Waals surface area contributed by atoms with Gasteiger partial charge in [-0.15, -0.1) is 4.47 Å². The largest absolute Gasteiger partial charge is 0.478 e. The first-order valence-corrected chi connectivity index (χ1v) is 10.4. The van der Waals surface area contributed by atoms with E-state index in [4.69, 9.17) is 20.0 Å². The van der Waals surface area contributed by atoms with Crippen molar-refractivity contribution in [2.75, 3.05) is 20.3 Å². The molecule has 0 saturated carbocycles. The number of aliphatic imine (C=N–C) groups is 1. The first kappa shape index (κ1) is 23.0. The average molecular weight is 437 g/mol. The quantitative estimate of drug-likeness (QED) is 0.281. The van der Waals surface area contributed by atoms with Crippen molar-refractivity contribution < 1.29 is 27.5 Å². The van der Waals surface area contributed by atoms with Gasteiger partial charge in [0.15, 0.2) is 0 Å². The Morgan fingerprint density at radius 1 is 1.20 bits per heavy atom.